The summed E-state index contributed by atoms with van der Waals surface area (Å²) >= 11 is 0. The molecular formula is C20H17NO2. The zero-order valence-electron chi connectivity index (χ0n) is 13.4. The summed E-state index contributed by atoms with van der Waals surface area (Å²) < 4.78 is 5.18. The van der Waals surface area contributed by atoms with Gasteiger partial charge < -0.3 is 4.74 Å². The van der Waals surface area contributed by atoms with Crippen molar-refractivity contribution in [3.63, 3.8) is 0 Å². The van der Waals surface area contributed by atoms with E-state index >= 15 is 0 Å². The summed E-state index contributed by atoms with van der Waals surface area (Å²) in [5, 5.41) is 4.71. The second-order valence-electron chi connectivity index (χ2n) is 5.85. The first-order valence-electron chi connectivity index (χ1n) is 7.84. The maximum absolute atomic E-state index is 12.3. The van der Waals surface area contributed by atoms with E-state index in [9.17, 15) is 4.79 Å². The van der Waals surface area contributed by atoms with Crippen LogP contribution in [0.4, 0.5) is 0 Å². The van der Waals surface area contributed by atoms with Gasteiger partial charge in [0.15, 0.2) is 5.69 Å². The summed E-state index contributed by atoms with van der Waals surface area (Å²) in [4.78, 5) is 16.8. The van der Waals surface area contributed by atoms with Crippen LogP contribution in [0, 0.1) is 13.8 Å². The third-order valence-corrected chi connectivity index (χ3v) is 4.55. The smallest absolute Gasteiger partial charge is 0.357 e. The summed E-state index contributed by atoms with van der Waals surface area (Å²) in [6.07, 6.45) is 12.7. The van der Waals surface area contributed by atoms with Gasteiger partial charge in [0.25, 0.3) is 0 Å². The molecule has 0 saturated carbocycles. The van der Waals surface area contributed by atoms with Gasteiger partial charge in [0.05, 0.1) is 6.61 Å². The van der Waals surface area contributed by atoms with E-state index in [1.807, 2.05) is 20.8 Å². The second-order valence-corrected chi connectivity index (χ2v) is 5.85. The van der Waals surface area contributed by atoms with Gasteiger partial charge in [-0.1, -0.05) is 36.5 Å². The number of esters is 1. The molecule has 2 aliphatic rings. The zero-order valence-corrected chi connectivity index (χ0v) is 13.4. The van der Waals surface area contributed by atoms with Crippen LogP contribution in [0.15, 0.2) is 12.2 Å². The fraction of sp³-hybridized carbons (Fsp3) is 0.200. The number of hydrogen-bond acceptors (Lipinski definition) is 3. The van der Waals surface area contributed by atoms with E-state index < -0.39 is 0 Å². The van der Waals surface area contributed by atoms with Crippen molar-refractivity contribution in [2.75, 3.05) is 6.61 Å². The Labute approximate surface area is 134 Å². The number of pyridine rings is 1. The Kier molecular flexibility index (Phi) is 2.98. The third-order valence-electron chi connectivity index (χ3n) is 4.55. The average molecular weight is 303 g/mol. The minimum absolute atomic E-state index is 0.350. The molecule has 1 heterocycles. The predicted octanol–water partition coefficient (Wildman–Crippen LogP) is 2.64. The van der Waals surface area contributed by atoms with Crippen molar-refractivity contribution < 1.29 is 9.53 Å². The first-order valence-corrected chi connectivity index (χ1v) is 7.84. The lowest BCUT2D eigenvalue weighted by Gasteiger charge is -2.15. The summed E-state index contributed by atoms with van der Waals surface area (Å²) in [7, 11) is 0. The van der Waals surface area contributed by atoms with E-state index in [1.165, 1.54) is 21.6 Å². The lowest BCUT2D eigenvalue weighted by molar-refractivity contribution is 0.0518. The molecular weight excluding hydrogens is 286 g/mol. The molecule has 0 fully saturated rings. The fourth-order valence-electron chi connectivity index (χ4n) is 3.60. The van der Waals surface area contributed by atoms with Gasteiger partial charge in [0, 0.05) is 11.1 Å². The SMILES string of the molecule is CCOC(=O)c1nc(C)c2c3c(c4c(c2c1C)C=CC=4)=CC=C3. The highest BCUT2D eigenvalue weighted by atomic mass is 16.5. The second kappa shape index (κ2) is 4.92. The topological polar surface area (TPSA) is 39.2 Å². The standard InChI is InChI=1S/C20H17NO2/c1-4-23-20(22)19-11(2)17-15-9-5-7-13(15)14-8-6-10-16(14)18(17)12(3)21-19/h5-10H,4H2,1-3H3. The van der Waals surface area contributed by atoms with E-state index in [0.717, 1.165) is 22.0 Å². The number of carbonyl (C=O) groups is 1. The summed E-state index contributed by atoms with van der Waals surface area (Å²) in [6.45, 7) is 6.09. The molecule has 3 heteroatoms. The normalized spacial score (nSPS) is 13.7. The molecule has 3 nitrogen and oxygen atoms in total. The van der Waals surface area contributed by atoms with Crippen LogP contribution in [-0.2, 0) is 4.74 Å². The number of nitrogens with zero attached hydrogens (tertiary/aromatic N) is 1. The largest absolute Gasteiger partial charge is 0.461 e. The predicted molar refractivity (Wildman–Crippen MR) is 93.4 cm³/mol. The lowest BCUT2D eigenvalue weighted by Crippen LogP contribution is -2.28. The van der Waals surface area contributed by atoms with Gasteiger partial charge in [-0.25, -0.2) is 9.78 Å². The summed E-state index contributed by atoms with van der Waals surface area (Å²) in [5.41, 5.74) is 4.55. The van der Waals surface area contributed by atoms with Gasteiger partial charge in [-0.2, -0.15) is 0 Å². The molecule has 0 spiro atoms. The Morgan fingerprint density at radius 3 is 2.26 bits per heavy atom. The van der Waals surface area contributed by atoms with Crippen molar-refractivity contribution >= 4 is 41.0 Å². The van der Waals surface area contributed by atoms with Crippen molar-refractivity contribution in [2.24, 2.45) is 0 Å². The highest BCUT2D eigenvalue weighted by Gasteiger charge is 2.22. The van der Waals surface area contributed by atoms with E-state index in [0.29, 0.717) is 12.3 Å². The molecule has 0 aliphatic heterocycles. The van der Waals surface area contributed by atoms with Crippen molar-refractivity contribution in [3.8, 4) is 0 Å². The molecule has 4 rings (SSSR count). The number of rotatable bonds is 2. The Morgan fingerprint density at radius 2 is 1.65 bits per heavy atom. The Hall–Kier alpha value is -2.68. The Bertz CT molecular complexity index is 1060. The molecule has 0 unspecified atom stereocenters. The van der Waals surface area contributed by atoms with Crippen LogP contribution in [0.5, 0.6) is 0 Å². The molecule has 1 aromatic heterocycles. The van der Waals surface area contributed by atoms with Crippen molar-refractivity contribution in [1.29, 1.82) is 0 Å². The number of ether oxygens (including phenoxy) is 1. The van der Waals surface area contributed by atoms with Crippen LogP contribution in [0.25, 0.3) is 35.1 Å². The van der Waals surface area contributed by atoms with Crippen LogP contribution in [-0.4, -0.2) is 17.6 Å². The maximum Gasteiger partial charge on any atom is 0.357 e. The Balaban J connectivity index is 2.19. The van der Waals surface area contributed by atoms with Gasteiger partial charge in [0.2, 0.25) is 0 Å². The van der Waals surface area contributed by atoms with E-state index in [4.69, 9.17) is 4.74 Å². The minimum atomic E-state index is -0.350. The molecule has 0 saturated heterocycles. The molecule has 0 bridgehead atoms. The van der Waals surface area contributed by atoms with E-state index in [2.05, 4.69) is 41.4 Å². The molecule has 0 N–H and O–H groups in total. The molecule has 2 aliphatic carbocycles. The molecule has 114 valence electrons. The number of carbonyl (C=O) groups excluding carboxylic acids is 1. The van der Waals surface area contributed by atoms with Crippen molar-refractivity contribution in [2.45, 2.75) is 20.8 Å². The van der Waals surface area contributed by atoms with Gasteiger partial charge in [0.1, 0.15) is 0 Å². The van der Waals surface area contributed by atoms with Gasteiger partial charge in [-0.15, -0.1) is 0 Å². The van der Waals surface area contributed by atoms with Crippen molar-refractivity contribution in [1.82, 2.24) is 4.98 Å². The monoisotopic (exact) mass is 303 g/mol. The molecule has 0 atom stereocenters. The van der Waals surface area contributed by atoms with Crippen LogP contribution in [0.3, 0.4) is 0 Å². The first kappa shape index (κ1) is 13.9. The first-order chi connectivity index (χ1) is 11.1. The molecule has 0 radical (unpaired) electrons. The van der Waals surface area contributed by atoms with E-state index in [1.54, 1.807) is 0 Å². The van der Waals surface area contributed by atoms with Gasteiger partial charge in [-0.05, 0) is 53.3 Å². The number of aryl methyl sites for hydroxylation is 2. The maximum atomic E-state index is 12.3. The van der Waals surface area contributed by atoms with Crippen molar-refractivity contribution in [3.05, 3.63) is 50.7 Å². The summed E-state index contributed by atoms with van der Waals surface area (Å²) in [6, 6.07) is 0. The van der Waals surface area contributed by atoms with Gasteiger partial charge >= 0.3 is 5.97 Å². The number of hydrogen-bond donors (Lipinski definition) is 0. The van der Waals surface area contributed by atoms with Crippen LogP contribution >= 0.6 is 0 Å². The molecule has 23 heavy (non-hydrogen) atoms. The third kappa shape index (κ3) is 1.83. The van der Waals surface area contributed by atoms with Crippen LogP contribution < -0.4 is 10.4 Å². The highest BCUT2D eigenvalue weighted by Crippen LogP contribution is 2.30. The number of benzene rings is 1. The quantitative estimate of drug-likeness (QED) is 0.801. The number of aromatic nitrogens is 1. The van der Waals surface area contributed by atoms with E-state index in [-0.39, 0.29) is 5.97 Å². The number of allylic oxidation sites excluding steroid dienone is 2. The summed E-state index contributed by atoms with van der Waals surface area (Å²) in [5.74, 6) is -0.350. The molecule has 0 amide bonds. The minimum Gasteiger partial charge on any atom is -0.461 e. The highest BCUT2D eigenvalue weighted by molar-refractivity contribution is 6.06. The molecule has 1 aromatic carbocycles. The molecule has 2 aromatic rings. The van der Waals surface area contributed by atoms with Crippen LogP contribution in [0.2, 0.25) is 0 Å². The van der Waals surface area contributed by atoms with Gasteiger partial charge in [-0.3, -0.25) is 0 Å². The zero-order chi connectivity index (χ0) is 16.1. The average Bonchev–Trinajstić information content (AvgIpc) is 3.17. The Morgan fingerprint density at radius 1 is 1.04 bits per heavy atom. The number of fused-ring (bicyclic) bond motifs is 6. The lowest BCUT2D eigenvalue weighted by atomic mass is 9.92. The van der Waals surface area contributed by atoms with Crippen LogP contribution in [0.1, 0.15) is 39.8 Å². The fourth-order valence-corrected chi connectivity index (χ4v) is 3.60.